The monoisotopic (exact) mass is 371 g/mol. The summed E-state index contributed by atoms with van der Waals surface area (Å²) in [6, 6.07) is 11.6. The van der Waals surface area contributed by atoms with Crippen LogP contribution < -0.4 is 5.32 Å². The number of rotatable bonds is 7. The smallest absolute Gasteiger partial charge is 0.239 e. The van der Waals surface area contributed by atoms with Gasteiger partial charge in [0, 0.05) is 18.7 Å². The summed E-state index contributed by atoms with van der Waals surface area (Å²) in [5.74, 6) is 1.74. The predicted octanol–water partition coefficient (Wildman–Crippen LogP) is 3.68. The minimum absolute atomic E-state index is 0.116. The molecule has 0 aliphatic heterocycles. The number of carbonyl (C=O) groups excluding carboxylic acids is 1. The summed E-state index contributed by atoms with van der Waals surface area (Å²) in [6.07, 6.45) is 1.60. The molecular weight excluding hydrogens is 350 g/mol. The molecule has 8 heteroatoms. The Morgan fingerprint density at radius 2 is 2.08 bits per heavy atom. The maximum absolute atomic E-state index is 12.6. The van der Waals surface area contributed by atoms with Crippen LogP contribution in [-0.4, -0.2) is 31.1 Å². The van der Waals surface area contributed by atoms with E-state index >= 15 is 0 Å². The van der Waals surface area contributed by atoms with Gasteiger partial charge < -0.3 is 14.4 Å². The molecule has 0 saturated heterocycles. The summed E-state index contributed by atoms with van der Waals surface area (Å²) in [6.45, 7) is 3.83. The van der Waals surface area contributed by atoms with E-state index < -0.39 is 0 Å². The van der Waals surface area contributed by atoms with Crippen LogP contribution in [0.15, 0.2) is 46.1 Å². The maximum Gasteiger partial charge on any atom is 0.239 e. The van der Waals surface area contributed by atoms with Crippen molar-refractivity contribution in [2.75, 3.05) is 5.32 Å². The van der Waals surface area contributed by atoms with Crippen LogP contribution in [-0.2, 0) is 11.8 Å². The standard InChI is InChI=1S/C18H21N5O2S/c1-4-8-14(17(24)19-15-11-12(2)25-22-15)26-18-21-20-16(23(18)3)13-9-6-5-7-10-13/h5-7,9-11,14H,4,8H2,1-3H3,(H,19,22,24)/t14-/m1/s1. The van der Waals surface area contributed by atoms with E-state index in [-0.39, 0.29) is 11.2 Å². The van der Waals surface area contributed by atoms with Gasteiger partial charge in [-0.15, -0.1) is 10.2 Å². The van der Waals surface area contributed by atoms with Gasteiger partial charge in [0.2, 0.25) is 5.91 Å². The summed E-state index contributed by atoms with van der Waals surface area (Å²) >= 11 is 1.41. The molecule has 0 radical (unpaired) electrons. The SMILES string of the molecule is CCC[C@@H](Sc1nnc(-c2ccccc2)n1C)C(=O)Nc1cc(C)on1. The van der Waals surface area contributed by atoms with Gasteiger partial charge in [0.15, 0.2) is 16.8 Å². The minimum atomic E-state index is -0.288. The summed E-state index contributed by atoms with van der Waals surface area (Å²) in [5, 5.41) is 15.6. The van der Waals surface area contributed by atoms with E-state index in [9.17, 15) is 4.79 Å². The molecule has 1 aromatic carbocycles. The summed E-state index contributed by atoms with van der Waals surface area (Å²) in [7, 11) is 1.91. The molecule has 26 heavy (non-hydrogen) atoms. The lowest BCUT2D eigenvalue weighted by atomic mass is 10.2. The Hall–Kier alpha value is -2.61. The van der Waals surface area contributed by atoms with E-state index in [4.69, 9.17) is 4.52 Å². The molecule has 2 heterocycles. The van der Waals surface area contributed by atoms with Crippen molar-refractivity contribution in [3.8, 4) is 11.4 Å². The first-order valence-electron chi connectivity index (χ1n) is 8.44. The highest BCUT2D eigenvalue weighted by molar-refractivity contribution is 8.00. The maximum atomic E-state index is 12.6. The Morgan fingerprint density at radius 1 is 1.31 bits per heavy atom. The number of benzene rings is 1. The summed E-state index contributed by atoms with van der Waals surface area (Å²) in [4.78, 5) is 12.6. The number of carbonyl (C=O) groups is 1. The predicted molar refractivity (Wildman–Crippen MR) is 101 cm³/mol. The van der Waals surface area contributed by atoms with Gasteiger partial charge in [0.05, 0.1) is 5.25 Å². The van der Waals surface area contributed by atoms with Crippen LogP contribution in [0.2, 0.25) is 0 Å². The molecule has 3 aromatic rings. The molecule has 0 unspecified atom stereocenters. The van der Waals surface area contributed by atoms with E-state index in [0.29, 0.717) is 16.7 Å². The van der Waals surface area contributed by atoms with Crippen molar-refractivity contribution >= 4 is 23.5 Å². The zero-order valence-corrected chi connectivity index (χ0v) is 15.8. The molecular formula is C18H21N5O2S. The fourth-order valence-corrected chi connectivity index (χ4v) is 3.63. The van der Waals surface area contributed by atoms with Gasteiger partial charge in [0.25, 0.3) is 0 Å². The molecule has 3 rings (SSSR count). The van der Waals surface area contributed by atoms with Gasteiger partial charge >= 0.3 is 0 Å². The Balaban J connectivity index is 1.76. The van der Waals surface area contributed by atoms with Crippen LogP contribution in [0, 0.1) is 6.92 Å². The van der Waals surface area contributed by atoms with E-state index in [2.05, 4.69) is 20.7 Å². The van der Waals surface area contributed by atoms with Gasteiger partial charge in [-0.05, 0) is 13.3 Å². The Morgan fingerprint density at radius 3 is 2.73 bits per heavy atom. The van der Waals surface area contributed by atoms with Crippen LogP contribution in [0.1, 0.15) is 25.5 Å². The van der Waals surface area contributed by atoms with Crippen LogP contribution >= 0.6 is 11.8 Å². The third kappa shape index (κ3) is 4.13. The number of aromatic nitrogens is 4. The molecule has 0 aliphatic rings. The second-order valence-corrected chi connectivity index (χ2v) is 7.11. The molecule has 0 bridgehead atoms. The average molecular weight is 371 g/mol. The van der Waals surface area contributed by atoms with Crippen LogP contribution in [0.5, 0.6) is 0 Å². The van der Waals surface area contributed by atoms with Gasteiger partial charge in [-0.2, -0.15) is 0 Å². The lowest BCUT2D eigenvalue weighted by Crippen LogP contribution is -2.25. The van der Waals surface area contributed by atoms with E-state index in [1.54, 1.807) is 13.0 Å². The zero-order chi connectivity index (χ0) is 18.5. The minimum Gasteiger partial charge on any atom is -0.360 e. The summed E-state index contributed by atoms with van der Waals surface area (Å²) < 4.78 is 6.91. The number of nitrogens with one attached hydrogen (secondary N) is 1. The quantitative estimate of drug-likeness (QED) is 0.638. The molecule has 0 saturated carbocycles. The van der Waals surface area contributed by atoms with Crippen LogP contribution in [0.4, 0.5) is 5.82 Å². The van der Waals surface area contributed by atoms with Crippen molar-refractivity contribution in [1.82, 2.24) is 19.9 Å². The molecule has 7 nitrogen and oxygen atoms in total. The molecule has 136 valence electrons. The number of thioether (sulfide) groups is 1. The van der Waals surface area contributed by atoms with E-state index in [1.807, 2.05) is 48.9 Å². The van der Waals surface area contributed by atoms with Crippen molar-refractivity contribution in [2.24, 2.45) is 7.05 Å². The van der Waals surface area contributed by atoms with Crippen molar-refractivity contribution in [2.45, 2.75) is 37.1 Å². The van der Waals surface area contributed by atoms with Gasteiger partial charge in [0.1, 0.15) is 5.76 Å². The molecule has 2 aromatic heterocycles. The Labute approximate surface area is 156 Å². The van der Waals surface area contributed by atoms with Crippen molar-refractivity contribution in [3.05, 3.63) is 42.2 Å². The third-order valence-electron chi connectivity index (χ3n) is 3.84. The largest absolute Gasteiger partial charge is 0.360 e. The summed E-state index contributed by atoms with van der Waals surface area (Å²) in [5.41, 5.74) is 0.990. The number of nitrogens with zero attached hydrogens (tertiary/aromatic N) is 4. The number of aryl methyl sites for hydroxylation is 1. The van der Waals surface area contributed by atoms with E-state index in [0.717, 1.165) is 24.2 Å². The average Bonchev–Trinajstić information content (AvgIpc) is 3.21. The third-order valence-corrected chi connectivity index (χ3v) is 5.14. The second-order valence-electron chi connectivity index (χ2n) is 5.94. The highest BCUT2D eigenvalue weighted by atomic mass is 32.2. The normalized spacial score (nSPS) is 12.1. The van der Waals surface area contributed by atoms with Crippen molar-refractivity contribution in [1.29, 1.82) is 0 Å². The number of anilines is 1. The lowest BCUT2D eigenvalue weighted by Gasteiger charge is -2.14. The molecule has 1 N–H and O–H groups in total. The topological polar surface area (TPSA) is 85.8 Å². The molecule has 1 atom stereocenters. The van der Waals surface area contributed by atoms with Crippen molar-refractivity contribution < 1.29 is 9.32 Å². The van der Waals surface area contributed by atoms with Gasteiger partial charge in [-0.1, -0.05) is 60.6 Å². The lowest BCUT2D eigenvalue weighted by molar-refractivity contribution is -0.115. The van der Waals surface area contributed by atoms with Crippen molar-refractivity contribution in [3.63, 3.8) is 0 Å². The fraction of sp³-hybridized carbons (Fsp3) is 0.333. The number of hydrogen-bond acceptors (Lipinski definition) is 6. The first-order valence-corrected chi connectivity index (χ1v) is 9.32. The van der Waals surface area contributed by atoms with Crippen LogP contribution in [0.3, 0.4) is 0 Å². The number of amides is 1. The molecule has 0 fully saturated rings. The number of hydrogen-bond donors (Lipinski definition) is 1. The Kier molecular flexibility index (Phi) is 5.72. The molecule has 0 aliphatic carbocycles. The van der Waals surface area contributed by atoms with Gasteiger partial charge in [-0.25, -0.2) is 0 Å². The first-order chi connectivity index (χ1) is 12.6. The highest BCUT2D eigenvalue weighted by Gasteiger charge is 2.23. The fourth-order valence-electron chi connectivity index (χ4n) is 2.52. The Bertz CT molecular complexity index is 875. The molecule has 1 amide bonds. The first kappa shape index (κ1) is 18.2. The zero-order valence-electron chi connectivity index (χ0n) is 15.0. The molecule has 0 spiro atoms. The highest BCUT2D eigenvalue weighted by Crippen LogP contribution is 2.28. The second kappa shape index (κ2) is 8.18. The van der Waals surface area contributed by atoms with Crippen LogP contribution in [0.25, 0.3) is 11.4 Å². The van der Waals surface area contributed by atoms with Gasteiger partial charge in [-0.3, -0.25) is 4.79 Å². The van der Waals surface area contributed by atoms with E-state index in [1.165, 1.54) is 11.8 Å².